The van der Waals surface area contributed by atoms with Crippen molar-refractivity contribution in [1.29, 1.82) is 0 Å². The second-order valence-electron chi connectivity index (χ2n) is 7.38. The first-order valence-electron chi connectivity index (χ1n) is 10.4. The zero-order valence-corrected chi connectivity index (χ0v) is 20.0. The lowest BCUT2D eigenvalue weighted by molar-refractivity contribution is -0.385. The molecule has 38 heavy (non-hydrogen) atoms. The van der Waals surface area contributed by atoms with Crippen molar-refractivity contribution in [2.45, 2.75) is 0 Å². The van der Waals surface area contributed by atoms with E-state index in [2.05, 4.69) is 10.6 Å². The van der Waals surface area contributed by atoms with Crippen LogP contribution in [0.2, 0.25) is 5.02 Å². The van der Waals surface area contributed by atoms with Gasteiger partial charge in [0.1, 0.15) is 11.4 Å². The lowest BCUT2D eigenvalue weighted by Gasteiger charge is -2.14. The molecule has 0 heterocycles. The van der Waals surface area contributed by atoms with Crippen molar-refractivity contribution in [2.24, 2.45) is 0 Å². The van der Waals surface area contributed by atoms with E-state index in [9.17, 15) is 39.9 Å². The highest BCUT2D eigenvalue weighted by atomic mass is 35.5. The minimum Gasteiger partial charge on any atom is -0.494 e. The minimum absolute atomic E-state index is 0.00988. The fraction of sp³-hybridized carbons (Fsp3) is 0.0435. The fourth-order valence-electron chi connectivity index (χ4n) is 3.13. The third-order valence-electron chi connectivity index (χ3n) is 4.93. The number of carbonyl (C=O) groups is 2. The molecule has 0 aliphatic rings. The van der Waals surface area contributed by atoms with Crippen LogP contribution in [-0.4, -0.2) is 33.7 Å². The molecule has 0 fully saturated rings. The van der Waals surface area contributed by atoms with Gasteiger partial charge in [0.2, 0.25) is 0 Å². The van der Waals surface area contributed by atoms with E-state index in [1.807, 2.05) is 0 Å². The van der Waals surface area contributed by atoms with Gasteiger partial charge in [-0.25, -0.2) is 0 Å². The van der Waals surface area contributed by atoms with E-state index < -0.39 is 38.0 Å². The highest BCUT2D eigenvalue weighted by Gasteiger charge is 2.21. The maximum absolute atomic E-state index is 13.2. The number of hydrogen-bond acceptors (Lipinski definition) is 9. The molecule has 14 nitrogen and oxygen atoms in total. The van der Waals surface area contributed by atoms with Crippen LogP contribution in [0.4, 0.5) is 22.7 Å². The van der Waals surface area contributed by atoms with Crippen molar-refractivity contribution in [1.82, 2.24) is 5.32 Å². The topological polar surface area (TPSA) is 197 Å². The van der Waals surface area contributed by atoms with E-state index in [0.29, 0.717) is 0 Å². The Kier molecular flexibility index (Phi) is 8.29. The number of methoxy groups -OCH3 is 1. The van der Waals surface area contributed by atoms with Gasteiger partial charge in [-0.1, -0.05) is 23.7 Å². The summed E-state index contributed by atoms with van der Waals surface area (Å²) < 4.78 is 5.10. The van der Waals surface area contributed by atoms with Gasteiger partial charge in [0, 0.05) is 30.3 Å². The maximum Gasteiger partial charge on any atom is 0.273 e. The molecule has 0 aromatic heterocycles. The Hall–Kier alpha value is -5.37. The molecule has 2 amide bonds. The normalized spacial score (nSPS) is 10.8. The van der Waals surface area contributed by atoms with E-state index in [4.69, 9.17) is 16.3 Å². The molecule has 0 bridgehead atoms. The molecule has 0 saturated carbocycles. The molecule has 0 aliphatic heterocycles. The molecular formula is C23H16ClN5O9. The Morgan fingerprint density at radius 3 is 2.11 bits per heavy atom. The molecule has 15 heteroatoms. The number of nitro benzene ring substituents is 3. The summed E-state index contributed by atoms with van der Waals surface area (Å²) in [6, 6.07) is 11.7. The monoisotopic (exact) mass is 541 g/mol. The first-order chi connectivity index (χ1) is 18.0. The predicted molar refractivity (Wildman–Crippen MR) is 135 cm³/mol. The molecule has 2 N–H and O–H groups in total. The van der Waals surface area contributed by atoms with Crippen LogP contribution in [0.25, 0.3) is 6.08 Å². The first-order valence-corrected chi connectivity index (χ1v) is 10.7. The molecular weight excluding hydrogens is 526 g/mol. The number of nitrogens with one attached hydrogen (secondary N) is 2. The van der Waals surface area contributed by atoms with Gasteiger partial charge in [-0.15, -0.1) is 0 Å². The molecule has 0 saturated heterocycles. The van der Waals surface area contributed by atoms with Gasteiger partial charge in [-0.2, -0.15) is 0 Å². The largest absolute Gasteiger partial charge is 0.494 e. The third kappa shape index (κ3) is 6.44. The van der Waals surface area contributed by atoms with Crippen LogP contribution in [-0.2, 0) is 4.79 Å². The number of carbonyl (C=O) groups excluding carboxylic acids is 2. The van der Waals surface area contributed by atoms with Crippen molar-refractivity contribution in [3.63, 3.8) is 0 Å². The van der Waals surface area contributed by atoms with Gasteiger partial charge < -0.3 is 15.4 Å². The SMILES string of the molecule is COc1cc([N+](=O)[O-])ccc1NC(=O)C(=Cc1cccc([N+](=O)[O-])c1)NC(=O)c1cc([N+](=O)[O-])ccc1Cl. The van der Waals surface area contributed by atoms with Gasteiger partial charge in [-0.05, 0) is 23.8 Å². The average molecular weight is 542 g/mol. The number of benzene rings is 3. The smallest absolute Gasteiger partial charge is 0.273 e. The first kappa shape index (κ1) is 27.2. The average Bonchev–Trinajstić information content (AvgIpc) is 2.88. The van der Waals surface area contributed by atoms with Crippen LogP contribution in [0.5, 0.6) is 5.75 Å². The predicted octanol–water partition coefficient (Wildman–Crippen LogP) is 4.48. The van der Waals surface area contributed by atoms with Crippen molar-refractivity contribution in [2.75, 3.05) is 12.4 Å². The van der Waals surface area contributed by atoms with Crippen LogP contribution in [0.15, 0.2) is 66.4 Å². The van der Waals surface area contributed by atoms with Crippen LogP contribution in [0.3, 0.4) is 0 Å². The summed E-state index contributed by atoms with van der Waals surface area (Å²) in [4.78, 5) is 57.4. The Labute approximate surface area is 217 Å². The molecule has 194 valence electrons. The summed E-state index contributed by atoms with van der Waals surface area (Å²) in [5.41, 5.74) is -1.60. The number of nitro groups is 3. The van der Waals surface area contributed by atoms with E-state index in [-0.39, 0.29) is 39.0 Å². The number of halogens is 1. The van der Waals surface area contributed by atoms with Crippen LogP contribution in [0, 0.1) is 30.3 Å². The summed E-state index contributed by atoms with van der Waals surface area (Å²) in [7, 11) is 1.22. The number of non-ortho nitro benzene ring substituents is 3. The molecule has 3 aromatic rings. The second kappa shape index (κ2) is 11.6. The summed E-state index contributed by atoms with van der Waals surface area (Å²) in [6.07, 6.45) is 1.13. The van der Waals surface area contributed by atoms with Gasteiger partial charge >= 0.3 is 0 Å². The van der Waals surface area contributed by atoms with Crippen molar-refractivity contribution in [3.05, 3.63) is 113 Å². The third-order valence-corrected chi connectivity index (χ3v) is 5.26. The molecule has 3 aromatic carbocycles. The van der Waals surface area contributed by atoms with Crippen LogP contribution in [0.1, 0.15) is 15.9 Å². The molecule has 0 atom stereocenters. The summed E-state index contributed by atoms with van der Waals surface area (Å²) >= 11 is 6.03. The minimum atomic E-state index is -0.985. The second-order valence-corrected chi connectivity index (χ2v) is 7.79. The number of rotatable bonds is 9. The van der Waals surface area contributed by atoms with Gasteiger partial charge in [0.15, 0.2) is 0 Å². The number of ether oxygens (including phenoxy) is 1. The van der Waals surface area contributed by atoms with Crippen LogP contribution < -0.4 is 15.4 Å². The summed E-state index contributed by atoms with van der Waals surface area (Å²) in [5, 5.41) is 37.9. The van der Waals surface area contributed by atoms with E-state index in [1.54, 1.807) is 0 Å². The molecule has 3 rings (SSSR count). The lowest BCUT2D eigenvalue weighted by Crippen LogP contribution is -2.31. The van der Waals surface area contributed by atoms with E-state index >= 15 is 0 Å². The lowest BCUT2D eigenvalue weighted by atomic mass is 10.1. The Bertz CT molecular complexity index is 1510. The summed E-state index contributed by atoms with van der Waals surface area (Å²) in [5.74, 6) is -1.99. The highest BCUT2D eigenvalue weighted by Crippen LogP contribution is 2.29. The van der Waals surface area contributed by atoms with Gasteiger partial charge in [0.05, 0.1) is 44.2 Å². The Morgan fingerprint density at radius 2 is 1.47 bits per heavy atom. The van der Waals surface area contributed by atoms with E-state index in [0.717, 1.165) is 42.5 Å². The molecule has 0 aliphatic carbocycles. The maximum atomic E-state index is 13.2. The molecule has 0 radical (unpaired) electrons. The highest BCUT2D eigenvalue weighted by molar-refractivity contribution is 6.34. The molecule has 0 spiro atoms. The standard InChI is InChI=1S/C23H16ClN5O9/c1-38-21-12-16(29(36)37)6-8-19(21)25-23(31)20(10-13-3-2-4-14(9-13)27(32)33)26-22(30)17-11-15(28(34)35)5-7-18(17)24/h2-12H,1H3,(H,25,31)(H,26,30). The van der Waals surface area contributed by atoms with Crippen LogP contribution >= 0.6 is 11.6 Å². The summed E-state index contributed by atoms with van der Waals surface area (Å²) in [6.45, 7) is 0. The number of anilines is 1. The fourth-order valence-corrected chi connectivity index (χ4v) is 3.33. The van der Waals surface area contributed by atoms with Crippen molar-refractivity contribution >= 4 is 52.2 Å². The zero-order valence-electron chi connectivity index (χ0n) is 19.2. The Morgan fingerprint density at radius 1 is 0.868 bits per heavy atom. The van der Waals surface area contributed by atoms with E-state index in [1.165, 1.54) is 31.4 Å². The zero-order chi connectivity index (χ0) is 28.0. The molecule has 0 unspecified atom stereocenters. The number of hydrogen-bond donors (Lipinski definition) is 2. The van der Waals surface area contributed by atoms with Crippen molar-refractivity contribution in [3.8, 4) is 5.75 Å². The Balaban J connectivity index is 2.03. The number of nitrogens with zero attached hydrogens (tertiary/aromatic N) is 3. The van der Waals surface area contributed by atoms with Gasteiger partial charge in [-0.3, -0.25) is 39.9 Å². The quantitative estimate of drug-likeness (QED) is 0.223. The van der Waals surface area contributed by atoms with Gasteiger partial charge in [0.25, 0.3) is 28.9 Å². The van der Waals surface area contributed by atoms with Crippen molar-refractivity contribution < 1.29 is 29.1 Å². The number of amides is 2.